The van der Waals surface area contributed by atoms with Gasteiger partial charge in [-0.1, -0.05) is 6.07 Å². The molecule has 0 fully saturated rings. The lowest BCUT2D eigenvalue weighted by molar-refractivity contribution is -0.128. The van der Waals surface area contributed by atoms with Gasteiger partial charge >= 0.3 is 0 Å². The van der Waals surface area contributed by atoms with Crippen molar-refractivity contribution in [2.24, 2.45) is 5.73 Å². The van der Waals surface area contributed by atoms with Crippen molar-refractivity contribution >= 4 is 30.1 Å². The highest BCUT2D eigenvalue weighted by Gasteiger charge is 2.09. The first-order valence-corrected chi connectivity index (χ1v) is 6.49. The van der Waals surface area contributed by atoms with E-state index >= 15 is 0 Å². The second-order valence-corrected chi connectivity index (χ2v) is 4.49. The van der Waals surface area contributed by atoms with Crippen LogP contribution in [-0.2, 0) is 11.3 Å². The number of nitrogens with two attached hydrogens (primary N) is 1. The lowest BCUT2D eigenvalue weighted by Crippen LogP contribution is -2.32. The molecule has 0 aliphatic rings. The van der Waals surface area contributed by atoms with Crippen molar-refractivity contribution in [1.29, 1.82) is 0 Å². The molecule has 0 radical (unpaired) electrons. The van der Waals surface area contributed by atoms with Gasteiger partial charge < -0.3 is 15.4 Å². The number of carbonyl (C=O) groups is 1. The number of halogens is 1. The number of nitrogens with zero attached hydrogens (tertiary/aromatic N) is 1. The minimum Gasteiger partial charge on any atom is -0.496 e. The first kappa shape index (κ1) is 17.1. The van der Waals surface area contributed by atoms with Crippen molar-refractivity contribution in [3.05, 3.63) is 23.8 Å². The summed E-state index contributed by atoms with van der Waals surface area (Å²) in [4.78, 5) is 14.1. The van der Waals surface area contributed by atoms with Gasteiger partial charge in [0.2, 0.25) is 5.91 Å². The molecule has 18 heavy (non-hydrogen) atoms. The predicted octanol–water partition coefficient (Wildman–Crippen LogP) is 1.76. The molecular weight excluding hydrogens is 272 g/mol. The van der Waals surface area contributed by atoms with E-state index in [2.05, 4.69) is 0 Å². The van der Waals surface area contributed by atoms with E-state index in [-0.39, 0.29) is 24.9 Å². The van der Waals surface area contributed by atoms with Crippen LogP contribution in [0.15, 0.2) is 23.1 Å². The number of carbonyl (C=O) groups excluding carboxylic acids is 1. The van der Waals surface area contributed by atoms with Gasteiger partial charge in [-0.3, -0.25) is 4.79 Å². The van der Waals surface area contributed by atoms with Crippen LogP contribution >= 0.6 is 24.2 Å². The third-order valence-corrected chi connectivity index (χ3v) is 3.25. The van der Waals surface area contributed by atoms with E-state index < -0.39 is 0 Å². The van der Waals surface area contributed by atoms with Gasteiger partial charge in [-0.05, 0) is 24.0 Å². The number of methoxy groups -OCH3 is 1. The smallest absolute Gasteiger partial charge is 0.236 e. The van der Waals surface area contributed by atoms with Crippen LogP contribution in [0.1, 0.15) is 5.56 Å². The lowest BCUT2D eigenvalue weighted by Gasteiger charge is -2.17. The Hall–Kier alpha value is -0.910. The van der Waals surface area contributed by atoms with Crippen molar-refractivity contribution in [2.75, 3.05) is 27.0 Å². The van der Waals surface area contributed by atoms with Gasteiger partial charge in [-0.2, -0.15) is 0 Å². The maximum Gasteiger partial charge on any atom is 0.236 e. The number of thioether (sulfide) groups is 1. The monoisotopic (exact) mass is 290 g/mol. The molecule has 0 atom stereocenters. The average molecular weight is 291 g/mol. The summed E-state index contributed by atoms with van der Waals surface area (Å²) in [6.45, 7) is 0.581. The van der Waals surface area contributed by atoms with E-state index in [0.29, 0.717) is 6.54 Å². The first-order chi connectivity index (χ1) is 8.12. The van der Waals surface area contributed by atoms with Crippen LogP contribution in [0.4, 0.5) is 0 Å². The molecule has 0 saturated heterocycles. The summed E-state index contributed by atoms with van der Waals surface area (Å²) in [6, 6.07) is 5.94. The van der Waals surface area contributed by atoms with Crippen molar-refractivity contribution in [3.63, 3.8) is 0 Å². The molecule has 0 spiro atoms. The SMILES string of the molecule is COc1cc(CN(C)C(=O)CN)ccc1SC.Cl. The van der Waals surface area contributed by atoms with Crippen molar-refractivity contribution in [2.45, 2.75) is 11.4 Å². The second kappa shape index (κ2) is 8.24. The molecule has 1 aromatic rings. The Labute approximate surface area is 118 Å². The number of rotatable bonds is 5. The topological polar surface area (TPSA) is 55.6 Å². The van der Waals surface area contributed by atoms with Gasteiger partial charge in [-0.15, -0.1) is 24.2 Å². The molecular formula is C12H19ClN2O2S. The molecule has 0 aliphatic heterocycles. The largest absolute Gasteiger partial charge is 0.496 e. The van der Waals surface area contributed by atoms with Crippen molar-refractivity contribution < 1.29 is 9.53 Å². The van der Waals surface area contributed by atoms with E-state index in [1.165, 1.54) is 0 Å². The third kappa shape index (κ3) is 4.40. The van der Waals surface area contributed by atoms with Gasteiger partial charge in [0.1, 0.15) is 5.75 Å². The Morgan fingerprint density at radius 2 is 2.17 bits per heavy atom. The molecule has 2 N–H and O–H groups in total. The quantitative estimate of drug-likeness (QED) is 0.840. The Morgan fingerprint density at radius 3 is 2.67 bits per heavy atom. The molecule has 0 heterocycles. The summed E-state index contributed by atoms with van der Waals surface area (Å²) in [5.41, 5.74) is 6.34. The summed E-state index contributed by atoms with van der Waals surface area (Å²) in [5.74, 6) is 0.765. The molecule has 1 aromatic carbocycles. The maximum absolute atomic E-state index is 11.4. The standard InChI is InChI=1S/C12H18N2O2S.ClH/c1-14(12(15)7-13)8-9-4-5-11(17-3)10(6-9)16-2;/h4-6H,7-8,13H2,1-3H3;1H. The molecule has 4 nitrogen and oxygen atoms in total. The fourth-order valence-electron chi connectivity index (χ4n) is 1.50. The number of benzene rings is 1. The van der Waals surface area contributed by atoms with Gasteiger partial charge in [-0.25, -0.2) is 0 Å². The maximum atomic E-state index is 11.4. The van der Waals surface area contributed by atoms with Crippen LogP contribution in [0.3, 0.4) is 0 Å². The zero-order chi connectivity index (χ0) is 12.8. The van der Waals surface area contributed by atoms with Crippen LogP contribution in [0, 0.1) is 0 Å². The fraction of sp³-hybridized carbons (Fsp3) is 0.417. The predicted molar refractivity (Wildman–Crippen MR) is 77.6 cm³/mol. The van der Waals surface area contributed by atoms with E-state index in [0.717, 1.165) is 16.2 Å². The highest BCUT2D eigenvalue weighted by molar-refractivity contribution is 7.98. The molecule has 6 heteroatoms. The van der Waals surface area contributed by atoms with Gasteiger partial charge in [0, 0.05) is 18.5 Å². The summed E-state index contributed by atoms with van der Waals surface area (Å²) < 4.78 is 5.30. The number of likely N-dealkylation sites (N-methyl/N-ethyl adjacent to an activating group) is 1. The summed E-state index contributed by atoms with van der Waals surface area (Å²) >= 11 is 1.63. The third-order valence-electron chi connectivity index (χ3n) is 2.47. The Bertz CT molecular complexity index is 402. The molecule has 0 bridgehead atoms. The van der Waals surface area contributed by atoms with Crippen LogP contribution in [-0.4, -0.2) is 37.8 Å². The summed E-state index contributed by atoms with van der Waals surface area (Å²) in [5, 5.41) is 0. The van der Waals surface area contributed by atoms with E-state index in [4.69, 9.17) is 10.5 Å². The lowest BCUT2D eigenvalue weighted by atomic mass is 10.2. The van der Waals surface area contributed by atoms with Crippen LogP contribution in [0.25, 0.3) is 0 Å². The Kier molecular flexibility index (Phi) is 7.82. The summed E-state index contributed by atoms with van der Waals surface area (Å²) in [6.07, 6.45) is 2.00. The number of hydrogen-bond acceptors (Lipinski definition) is 4. The van der Waals surface area contributed by atoms with E-state index in [9.17, 15) is 4.79 Å². The van der Waals surface area contributed by atoms with Gasteiger partial charge in [0.25, 0.3) is 0 Å². The highest BCUT2D eigenvalue weighted by Crippen LogP contribution is 2.28. The van der Waals surface area contributed by atoms with Gasteiger partial charge in [0.15, 0.2) is 0 Å². The zero-order valence-electron chi connectivity index (χ0n) is 10.8. The molecule has 0 unspecified atom stereocenters. The van der Waals surface area contributed by atoms with E-state index in [1.807, 2.05) is 24.5 Å². The summed E-state index contributed by atoms with van der Waals surface area (Å²) in [7, 11) is 3.39. The normalized spacial score (nSPS) is 9.56. The minimum absolute atomic E-state index is 0. The molecule has 0 aliphatic carbocycles. The average Bonchev–Trinajstić information content (AvgIpc) is 2.37. The fourth-order valence-corrected chi connectivity index (χ4v) is 2.04. The van der Waals surface area contributed by atoms with Crippen molar-refractivity contribution in [1.82, 2.24) is 4.90 Å². The first-order valence-electron chi connectivity index (χ1n) is 5.27. The van der Waals surface area contributed by atoms with Gasteiger partial charge in [0.05, 0.1) is 13.7 Å². The Morgan fingerprint density at radius 1 is 1.50 bits per heavy atom. The second-order valence-electron chi connectivity index (χ2n) is 3.64. The Balaban J connectivity index is 0.00000289. The molecule has 0 aromatic heterocycles. The number of amides is 1. The molecule has 1 amide bonds. The number of hydrogen-bond donors (Lipinski definition) is 1. The zero-order valence-corrected chi connectivity index (χ0v) is 12.4. The van der Waals surface area contributed by atoms with E-state index in [1.54, 1.807) is 30.8 Å². The minimum atomic E-state index is -0.0714. The van der Waals surface area contributed by atoms with Crippen LogP contribution < -0.4 is 10.5 Å². The van der Waals surface area contributed by atoms with Crippen molar-refractivity contribution in [3.8, 4) is 5.75 Å². The number of ether oxygens (including phenoxy) is 1. The molecule has 0 saturated carbocycles. The molecule has 1 rings (SSSR count). The van der Waals surface area contributed by atoms with Crippen LogP contribution in [0.2, 0.25) is 0 Å². The van der Waals surface area contributed by atoms with Crippen LogP contribution in [0.5, 0.6) is 5.75 Å². The molecule has 102 valence electrons. The highest BCUT2D eigenvalue weighted by atomic mass is 35.5.